The van der Waals surface area contributed by atoms with Gasteiger partial charge in [0, 0.05) is 5.57 Å². The monoisotopic (exact) mass is 454 g/mol. The number of carbonyl (C=O) groups is 1. The molecule has 8 atom stereocenters. The Kier molecular flexibility index (Phi) is 6.08. The maximum atomic E-state index is 11.1. The van der Waals surface area contributed by atoms with E-state index in [1.807, 2.05) is 6.08 Å². The van der Waals surface area contributed by atoms with Crippen LogP contribution in [0.15, 0.2) is 35.5 Å². The van der Waals surface area contributed by atoms with Gasteiger partial charge in [-0.05, 0) is 97.2 Å². The lowest BCUT2D eigenvalue weighted by molar-refractivity contribution is -0.132. The number of fused-ring (bicyclic) bond motifs is 5. The van der Waals surface area contributed by atoms with E-state index in [-0.39, 0.29) is 22.3 Å². The molecule has 0 saturated heterocycles. The van der Waals surface area contributed by atoms with Crippen molar-refractivity contribution < 1.29 is 15.0 Å². The van der Waals surface area contributed by atoms with Crippen LogP contribution in [0, 0.1) is 45.3 Å². The highest BCUT2D eigenvalue weighted by molar-refractivity contribution is 5.86. The summed E-state index contributed by atoms with van der Waals surface area (Å²) >= 11 is 0. The van der Waals surface area contributed by atoms with Gasteiger partial charge in [-0.2, -0.15) is 0 Å². The molecule has 0 heterocycles. The molecule has 3 nitrogen and oxygen atoms in total. The van der Waals surface area contributed by atoms with E-state index in [1.54, 1.807) is 18.6 Å². The van der Waals surface area contributed by atoms with E-state index in [1.165, 1.54) is 25.7 Å². The summed E-state index contributed by atoms with van der Waals surface area (Å²) in [6.45, 7) is 16.2. The van der Waals surface area contributed by atoms with Crippen molar-refractivity contribution in [3.05, 3.63) is 35.5 Å². The fraction of sp³-hybridized carbons (Fsp3) is 0.767. The van der Waals surface area contributed by atoms with Crippen molar-refractivity contribution in [2.75, 3.05) is 0 Å². The Morgan fingerprint density at radius 1 is 1.09 bits per heavy atom. The third-order valence-corrected chi connectivity index (χ3v) is 11.6. The van der Waals surface area contributed by atoms with Crippen molar-refractivity contribution in [1.29, 1.82) is 0 Å². The predicted molar refractivity (Wildman–Crippen MR) is 135 cm³/mol. The Hall–Kier alpha value is -1.35. The van der Waals surface area contributed by atoms with E-state index < -0.39 is 5.97 Å². The zero-order valence-corrected chi connectivity index (χ0v) is 21.9. The van der Waals surface area contributed by atoms with Crippen LogP contribution in [0.25, 0.3) is 0 Å². The first-order valence-corrected chi connectivity index (χ1v) is 13.3. The van der Waals surface area contributed by atoms with Crippen LogP contribution < -0.4 is 0 Å². The number of aliphatic hydroxyl groups is 1. The van der Waals surface area contributed by atoms with Crippen LogP contribution in [0.3, 0.4) is 0 Å². The van der Waals surface area contributed by atoms with Gasteiger partial charge in [0.25, 0.3) is 0 Å². The molecule has 0 aromatic heterocycles. The second-order valence-electron chi connectivity index (χ2n) is 13.2. The molecule has 0 amide bonds. The molecule has 0 radical (unpaired) electrons. The van der Waals surface area contributed by atoms with E-state index in [0.29, 0.717) is 34.7 Å². The molecule has 0 aromatic carbocycles. The molecule has 4 rings (SSSR count). The van der Waals surface area contributed by atoms with Crippen molar-refractivity contribution in [1.82, 2.24) is 0 Å². The van der Waals surface area contributed by atoms with Crippen LogP contribution >= 0.6 is 0 Å². The summed E-state index contributed by atoms with van der Waals surface area (Å²) in [7, 11) is 0. The number of hydrogen-bond acceptors (Lipinski definition) is 2. The van der Waals surface area contributed by atoms with Crippen molar-refractivity contribution in [3.8, 4) is 0 Å². The summed E-state index contributed by atoms with van der Waals surface area (Å²) in [5, 5.41) is 19.9. The fourth-order valence-electron chi connectivity index (χ4n) is 9.16. The number of hydrogen-bond donors (Lipinski definition) is 2. The maximum Gasteiger partial charge on any atom is 0.331 e. The highest BCUT2D eigenvalue weighted by Gasteiger charge is 2.65. The standard InChI is InChI=1S/C30H46O3/c1-19(9-8-10-20(2)26(32)33)21-13-17-30(7)23-11-12-24-27(3,4)25(31)15-16-28(24,5)22(23)14-18-29(21,30)6/h8-11,19,21-22,24-25,31H,12-18H2,1-7H3,(H,32,33). The van der Waals surface area contributed by atoms with E-state index >= 15 is 0 Å². The summed E-state index contributed by atoms with van der Waals surface area (Å²) in [6, 6.07) is 0. The number of aliphatic hydroxyl groups excluding tert-OH is 1. The number of rotatable bonds is 4. The minimum absolute atomic E-state index is 0.0180. The molecule has 0 bridgehead atoms. The highest BCUT2D eigenvalue weighted by Crippen LogP contribution is 2.73. The Labute approximate surface area is 201 Å². The molecule has 8 unspecified atom stereocenters. The Morgan fingerprint density at radius 2 is 1.79 bits per heavy atom. The minimum atomic E-state index is -0.847. The van der Waals surface area contributed by atoms with Crippen LogP contribution in [0.5, 0.6) is 0 Å². The molecule has 3 fully saturated rings. The SMILES string of the molecule is CC(=CC=CC(C)C1CCC2(C)C3=CCC4C(C)(C)C(O)CCC4(C)C3CCC12C)C(=O)O. The molecular formula is C30H46O3. The van der Waals surface area contributed by atoms with Gasteiger partial charge in [-0.15, -0.1) is 0 Å². The van der Waals surface area contributed by atoms with Crippen molar-refractivity contribution in [2.45, 2.75) is 99.5 Å². The molecule has 4 aliphatic rings. The molecule has 0 spiro atoms. The molecule has 3 saturated carbocycles. The van der Waals surface area contributed by atoms with Gasteiger partial charge in [0.2, 0.25) is 0 Å². The molecule has 0 aliphatic heterocycles. The lowest BCUT2D eigenvalue weighted by Gasteiger charge is -2.64. The van der Waals surface area contributed by atoms with Gasteiger partial charge in [0.05, 0.1) is 6.10 Å². The number of carboxylic acid groups (broad SMARTS) is 1. The molecule has 184 valence electrons. The summed E-state index contributed by atoms with van der Waals surface area (Å²) in [6.07, 6.45) is 16.6. The third-order valence-electron chi connectivity index (χ3n) is 11.6. The normalized spacial score (nSPS) is 45.7. The lowest BCUT2D eigenvalue weighted by atomic mass is 9.41. The van der Waals surface area contributed by atoms with E-state index in [0.717, 1.165) is 19.3 Å². The number of aliphatic carboxylic acids is 1. The molecule has 2 N–H and O–H groups in total. The molecule has 0 aromatic rings. The van der Waals surface area contributed by atoms with Gasteiger partial charge >= 0.3 is 5.97 Å². The maximum absolute atomic E-state index is 11.1. The van der Waals surface area contributed by atoms with Gasteiger partial charge in [0.15, 0.2) is 0 Å². The van der Waals surface area contributed by atoms with E-state index in [4.69, 9.17) is 5.11 Å². The number of carboxylic acids is 1. The van der Waals surface area contributed by atoms with Crippen molar-refractivity contribution in [2.24, 2.45) is 45.3 Å². The minimum Gasteiger partial charge on any atom is -0.478 e. The first kappa shape index (κ1) is 24.8. The van der Waals surface area contributed by atoms with Crippen LogP contribution in [0.2, 0.25) is 0 Å². The quantitative estimate of drug-likeness (QED) is 0.269. The molecule has 3 heteroatoms. The second-order valence-corrected chi connectivity index (χ2v) is 13.2. The summed E-state index contributed by atoms with van der Waals surface area (Å²) < 4.78 is 0. The van der Waals surface area contributed by atoms with Gasteiger partial charge in [-0.3, -0.25) is 0 Å². The third kappa shape index (κ3) is 3.51. The fourth-order valence-corrected chi connectivity index (χ4v) is 9.16. The summed E-state index contributed by atoms with van der Waals surface area (Å²) in [4.78, 5) is 11.1. The van der Waals surface area contributed by atoms with Crippen LogP contribution in [-0.2, 0) is 4.79 Å². The van der Waals surface area contributed by atoms with Crippen LogP contribution in [-0.4, -0.2) is 22.3 Å². The average Bonchev–Trinajstić information content (AvgIpc) is 3.02. The largest absolute Gasteiger partial charge is 0.478 e. The first-order valence-electron chi connectivity index (χ1n) is 13.3. The Balaban J connectivity index is 1.63. The van der Waals surface area contributed by atoms with E-state index in [9.17, 15) is 9.90 Å². The summed E-state index contributed by atoms with van der Waals surface area (Å²) in [5.41, 5.74) is 2.91. The van der Waals surface area contributed by atoms with Crippen LogP contribution in [0.1, 0.15) is 93.4 Å². The Bertz CT molecular complexity index is 894. The van der Waals surface area contributed by atoms with Gasteiger partial charge < -0.3 is 10.2 Å². The van der Waals surface area contributed by atoms with Gasteiger partial charge in [-0.25, -0.2) is 4.79 Å². The Morgan fingerprint density at radius 3 is 2.45 bits per heavy atom. The van der Waals surface area contributed by atoms with Crippen molar-refractivity contribution >= 4 is 5.97 Å². The average molecular weight is 455 g/mol. The lowest BCUT2D eigenvalue weighted by Crippen LogP contribution is -2.58. The molecule has 33 heavy (non-hydrogen) atoms. The highest BCUT2D eigenvalue weighted by atomic mass is 16.4. The molecule has 4 aliphatic carbocycles. The summed E-state index contributed by atoms with van der Waals surface area (Å²) in [5.74, 6) is 1.41. The van der Waals surface area contributed by atoms with Crippen molar-refractivity contribution in [3.63, 3.8) is 0 Å². The zero-order valence-electron chi connectivity index (χ0n) is 21.9. The zero-order chi connectivity index (χ0) is 24.4. The first-order chi connectivity index (χ1) is 15.3. The topological polar surface area (TPSA) is 57.5 Å². The molecular weight excluding hydrogens is 408 g/mol. The second kappa shape index (κ2) is 8.11. The number of allylic oxidation sites excluding steroid dienone is 5. The van der Waals surface area contributed by atoms with Crippen LogP contribution in [0.4, 0.5) is 0 Å². The smallest absolute Gasteiger partial charge is 0.331 e. The van der Waals surface area contributed by atoms with Gasteiger partial charge in [-0.1, -0.05) is 71.4 Å². The van der Waals surface area contributed by atoms with Gasteiger partial charge in [0.1, 0.15) is 0 Å². The predicted octanol–water partition coefficient (Wildman–Crippen LogP) is 7.18. The van der Waals surface area contributed by atoms with E-state index in [2.05, 4.69) is 53.7 Å².